The van der Waals surface area contributed by atoms with Gasteiger partial charge in [0, 0.05) is 33.7 Å². The standard InChI is InChI=1S/C18H25N3O3.HI/c1-19-18(21-14-17-8-4-10-24-17)20-13-15-6-3-7-16(12-15)23-11-5-9-22-2;/h3-4,6-8,10,12H,5,9,11,13-14H2,1-2H3,(H2,19,20,21);1H. The number of aliphatic imine (C=N–C) groups is 1. The van der Waals surface area contributed by atoms with Crippen LogP contribution in [0.25, 0.3) is 0 Å². The van der Waals surface area contributed by atoms with Gasteiger partial charge in [-0.2, -0.15) is 0 Å². The summed E-state index contributed by atoms with van der Waals surface area (Å²) in [5.74, 6) is 2.45. The van der Waals surface area contributed by atoms with Crippen LogP contribution < -0.4 is 15.4 Å². The SMILES string of the molecule is CN=C(NCc1cccc(OCCCOC)c1)NCc1ccco1.I. The minimum Gasteiger partial charge on any atom is -0.493 e. The van der Waals surface area contributed by atoms with Crippen molar-refractivity contribution < 1.29 is 13.9 Å². The van der Waals surface area contributed by atoms with Gasteiger partial charge < -0.3 is 24.5 Å². The van der Waals surface area contributed by atoms with E-state index in [1.165, 1.54) is 0 Å². The minimum atomic E-state index is 0. The highest BCUT2D eigenvalue weighted by molar-refractivity contribution is 14.0. The number of methoxy groups -OCH3 is 1. The summed E-state index contributed by atoms with van der Waals surface area (Å²) < 4.78 is 16.0. The van der Waals surface area contributed by atoms with E-state index in [1.54, 1.807) is 20.4 Å². The predicted octanol–water partition coefficient (Wildman–Crippen LogP) is 3.18. The van der Waals surface area contributed by atoms with Gasteiger partial charge >= 0.3 is 0 Å². The van der Waals surface area contributed by atoms with Crippen molar-refractivity contribution in [1.82, 2.24) is 10.6 Å². The van der Waals surface area contributed by atoms with Crippen LogP contribution in [-0.4, -0.2) is 33.3 Å². The van der Waals surface area contributed by atoms with E-state index in [-0.39, 0.29) is 24.0 Å². The van der Waals surface area contributed by atoms with Crippen molar-refractivity contribution >= 4 is 29.9 Å². The molecule has 0 saturated carbocycles. The Bertz CT molecular complexity index is 618. The zero-order chi connectivity index (χ0) is 17.0. The molecule has 2 N–H and O–H groups in total. The monoisotopic (exact) mass is 459 g/mol. The number of hydrogen-bond acceptors (Lipinski definition) is 4. The van der Waals surface area contributed by atoms with Crippen LogP contribution in [-0.2, 0) is 17.8 Å². The number of halogens is 1. The third kappa shape index (κ3) is 8.26. The summed E-state index contributed by atoms with van der Waals surface area (Å²) in [6, 6.07) is 11.8. The first-order chi connectivity index (χ1) is 11.8. The molecule has 0 amide bonds. The normalized spacial score (nSPS) is 10.9. The first-order valence-electron chi connectivity index (χ1n) is 7.99. The van der Waals surface area contributed by atoms with Crippen LogP contribution in [0, 0.1) is 0 Å². The fourth-order valence-corrected chi connectivity index (χ4v) is 2.13. The van der Waals surface area contributed by atoms with Crippen LogP contribution in [0.3, 0.4) is 0 Å². The van der Waals surface area contributed by atoms with Crippen molar-refractivity contribution in [2.75, 3.05) is 27.4 Å². The lowest BCUT2D eigenvalue weighted by atomic mass is 10.2. The quantitative estimate of drug-likeness (QED) is 0.261. The fourth-order valence-electron chi connectivity index (χ4n) is 2.13. The lowest BCUT2D eigenvalue weighted by Gasteiger charge is -2.12. The summed E-state index contributed by atoms with van der Waals surface area (Å²) in [5, 5.41) is 6.48. The number of rotatable bonds is 9. The summed E-state index contributed by atoms with van der Waals surface area (Å²) in [6.45, 7) is 2.61. The van der Waals surface area contributed by atoms with E-state index < -0.39 is 0 Å². The van der Waals surface area contributed by atoms with E-state index in [1.807, 2.05) is 30.3 Å². The van der Waals surface area contributed by atoms with E-state index in [2.05, 4.69) is 21.7 Å². The molecule has 138 valence electrons. The molecule has 1 aromatic carbocycles. The van der Waals surface area contributed by atoms with Crippen molar-refractivity contribution in [3.8, 4) is 5.75 Å². The van der Waals surface area contributed by atoms with Gasteiger partial charge in [0.2, 0.25) is 0 Å². The smallest absolute Gasteiger partial charge is 0.191 e. The van der Waals surface area contributed by atoms with Crippen molar-refractivity contribution in [3.05, 3.63) is 54.0 Å². The maximum absolute atomic E-state index is 5.71. The maximum Gasteiger partial charge on any atom is 0.191 e. The second kappa shape index (κ2) is 12.6. The van der Waals surface area contributed by atoms with Crippen LogP contribution >= 0.6 is 24.0 Å². The molecule has 25 heavy (non-hydrogen) atoms. The third-order valence-electron chi connectivity index (χ3n) is 3.35. The lowest BCUT2D eigenvalue weighted by molar-refractivity contribution is 0.172. The fraction of sp³-hybridized carbons (Fsp3) is 0.389. The van der Waals surface area contributed by atoms with Crippen LogP contribution in [0.2, 0.25) is 0 Å². The number of ether oxygens (including phenoxy) is 2. The van der Waals surface area contributed by atoms with Gasteiger partial charge in [-0.15, -0.1) is 24.0 Å². The van der Waals surface area contributed by atoms with Gasteiger partial charge in [-0.1, -0.05) is 12.1 Å². The molecule has 2 aromatic rings. The second-order valence-corrected chi connectivity index (χ2v) is 5.20. The van der Waals surface area contributed by atoms with E-state index in [4.69, 9.17) is 13.9 Å². The van der Waals surface area contributed by atoms with E-state index in [9.17, 15) is 0 Å². The molecular weight excluding hydrogens is 433 g/mol. The topological polar surface area (TPSA) is 68.0 Å². The molecule has 6 nitrogen and oxygen atoms in total. The Hall–Kier alpha value is -1.74. The molecule has 0 spiro atoms. The zero-order valence-electron chi connectivity index (χ0n) is 14.7. The largest absolute Gasteiger partial charge is 0.493 e. The second-order valence-electron chi connectivity index (χ2n) is 5.20. The van der Waals surface area contributed by atoms with Crippen molar-refractivity contribution in [2.45, 2.75) is 19.5 Å². The molecule has 0 radical (unpaired) electrons. The highest BCUT2D eigenvalue weighted by Gasteiger charge is 2.02. The molecule has 0 fully saturated rings. The van der Waals surface area contributed by atoms with Gasteiger partial charge in [-0.25, -0.2) is 0 Å². The minimum absolute atomic E-state index is 0. The van der Waals surface area contributed by atoms with Crippen LogP contribution in [0.5, 0.6) is 5.75 Å². The van der Waals surface area contributed by atoms with Gasteiger partial charge in [0.1, 0.15) is 11.5 Å². The van der Waals surface area contributed by atoms with Crippen molar-refractivity contribution in [2.24, 2.45) is 4.99 Å². The number of benzene rings is 1. The Labute approximate surface area is 166 Å². The average molecular weight is 459 g/mol. The van der Waals surface area contributed by atoms with E-state index in [0.717, 1.165) is 29.5 Å². The highest BCUT2D eigenvalue weighted by Crippen LogP contribution is 2.13. The van der Waals surface area contributed by atoms with Crippen LogP contribution in [0.15, 0.2) is 52.1 Å². The molecule has 2 rings (SSSR count). The molecule has 0 unspecified atom stereocenters. The first-order valence-corrected chi connectivity index (χ1v) is 7.99. The Morgan fingerprint density at radius 1 is 1.12 bits per heavy atom. The van der Waals surface area contributed by atoms with Crippen molar-refractivity contribution in [1.29, 1.82) is 0 Å². The summed E-state index contributed by atoms with van der Waals surface area (Å²) in [6.07, 6.45) is 2.54. The molecule has 1 aromatic heterocycles. The molecule has 0 aliphatic carbocycles. The summed E-state index contributed by atoms with van der Waals surface area (Å²) >= 11 is 0. The first kappa shape index (κ1) is 21.3. The molecule has 0 bridgehead atoms. The average Bonchev–Trinajstić information content (AvgIpc) is 3.13. The molecule has 0 aliphatic heterocycles. The van der Waals surface area contributed by atoms with Crippen LogP contribution in [0.4, 0.5) is 0 Å². The highest BCUT2D eigenvalue weighted by atomic mass is 127. The van der Waals surface area contributed by atoms with Gasteiger partial charge in [0.25, 0.3) is 0 Å². The third-order valence-corrected chi connectivity index (χ3v) is 3.35. The molecule has 0 aliphatic rings. The van der Waals surface area contributed by atoms with Crippen LogP contribution in [0.1, 0.15) is 17.7 Å². The summed E-state index contributed by atoms with van der Waals surface area (Å²) in [5.41, 5.74) is 1.13. The van der Waals surface area contributed by atoms with Gasteiger partial charge in [0.15, 0.2) is 5.96 Å². The van der Waals surface area contributed by atoms with E-state index >= 15 is 0 Å². The lowest BCUT2D eigenvalue weighted by Crippen LogP contribution is -2.36. The number of hydrogen-bond donors (Lipinski definition) is 2. The Balaban J connectivity index is 0.00000312. The van der Waals surface area contributed by atoms with Gasteiger partial charge in [-0.05, 0) is 29.8 Å². The number of furan rings is 1. The summed E-state index contributed by atoms with van der Waals surface area (Å²) in [7, 11) is 3.44. The molecule has 1 heterocycles. The molecular formula is C18H26IN3O3. The predicted molar refractivity (Wildman–Crippen MR) is 110 cm³/mol. The zero-order valence-corrected chi connectivity index (χ0v) is 17.0. The molecule has 7 heteroatoms. The number of guanidine groups is 1. The van der Waals surface area contributed by atoms with Gasteiger partial charge in [-0.3, -0.25) is 4.99 Å². The summed E-state index contributed by atoms with van der Waals surface area (Å²) in [4.78, 5) is 4.20. The van der Waals surface area contributed by atoms with E-state index in [0.29, 0.717) is 26.3 Å². The Kier molecular flexibility index (Phi) is 10.7. The van der Waals surface area contributed by atoms with Crippen molar-refractivity contribution in [3.63, 3.8) is 0 Å². The molecule has 0 saturated heterocycles. The Morgan fingerprint density at radius 2 is 1.96 bits per heavy atom. The number of nitrogens with one attached hydrogen (secondary N) is 2. The molecule has 0 atom stereocenters. The Morgan fingerprint density at radius 3 is 2.68 bits per heavy atom. The number of nitrogens with zero attached hydrogens (tertiary/aromatic N) is 1. The maximum atomic E-state index is 5.71. The van der Waals surface area contributed by atoms with Gasteiger partial charge in [0.05, 0.1) is 19.4 Å².